The molecule has 0 aromatic carbocycles. The summed E-state index contributed by atoms with van der Waals surface area (Å²) in [6.07, 6.45) is 2.33. The van der Waals surface area contributed by atoms with Crippen molar-refractivity contribution in [2.24, 2.45) is 0 Å². The van der Waals surface area contributed by atoms with Gasteiger partial charge in [0, 0.05) is 5.54 Å². The van der Waals surface area contributed by atoms with Crippen molar-refractivity contribution in [3.63, 3.8) is 0 Å². The molecule has 6 heteroatoms. The van der Waals surface area contributed by atoms with Crippen molar-refractivity contribution in [1.82, 2.24) is 14.8 Å². The molecule has 1 aromatic rings. The lowest BCUT2D eigenvalue weighted by atomic mass is 9.99. The Labute approximate surface area is 86.3 Å². The number of anilines is 1. The van der Waals surface area contributed by atoms with Crippen LogP contribution in [0.15, 0.2) is 5.16 Å². The van der Waals surface area contributed by atoms with Gasteiger partial charge in [0.05, 0.1) is 6.42 Å². The number of aromatic nitrogens is 3. The molecule has 0 amide bonds. The minimum Gasteiger partial charge on any atom is -0.349 e. The van der Waals surface area contributed by atoms with E-state index in [1.165, 1.54) is 16.4 Å². The number of fused-ring (bicyclic) bond motifs is 1. The van der Waals surface area contributed by atoms with Crippen LogP contribution in [0, 0.1) is 0 Å². The lowest BCUT2D eigenvalue weighted by molar-refractivity contribution is 0.0854. The number of nitrogens with zero attached hydrogens (tertiary/aromatic N) is 3. The first-order valence-electron chi connectivity index (χ1n) is 4.34. The van der Waals surface area contributed by atoms with Crippen LogP contribution in [0.3, 0.4) is 0 Å². The van der Waals surface area contributed by atoms with Crippen molar-refractivity contribution in [2.45, 2.75) is 31.0 Å². The van der Waals surface area contributed by atoms with Crippen LogP contribution in [-0.4, -0.2) is 32.5 Å². The molecule has 5 nitrogen and oxygen atoms in total. The number of thioether (sulfide) groups is 1. The van der Waals surface area contributed by atoms with Crippen LogP contribution in [0.5, 0.6) is 0 Å². The molecule has 0 aliphatic carbocycles. The highest BCUT2D eigenvalue weighted by atomic mass is 32.2. The third kappa shape index (κ3) is 1.50. The molecule has 1 aromatic heterocycles. The van der Waals surface area contributed by atoms with Crippen molar-refractivity contribution in [3.8, 4) is 0 Å². The monoisotopic (exact) mass is 212 g/mol. The lowest BCUT2D eigenvalue weighted by Crippen LogP contribution is -2.41. The summed E-state index contributed by atoms with van der Waals surface area (Å²) >= 11 is 1.43. The Kier molecular flexibility index (Phi) is 2.02. The molecule has 0 radical (unpaired) electrons. The zero-order valence-electron chi connectivity index (χ0n) is 8.37. The molecule has 1 aliphatic rings. The van der Waals surface area contributed by atoms with Crippen molar-refractivity contribution in [1.29, 1.82) is 0 Å². The molecule has 1 aliphatic heterocycles. The second-order valence-corrected chi connectivity index (χ2v) is 4.69. The molecule has 1 N–H and O–H groups in total. The first-order valence-corrected chi connectivity index (χ1v) is 5.57. The Morgan fingerprint density at radius 3 is 2.93 bits per heavy atom. The van der Waals surface area contributed by atoms with Gasteiger partial charge in [-0.2, -0.15) is 9.67 Å². The summed E-state index contributed by atoms with van der Waals surface area (Å²) in [6, 6.07) is 0. The van der Waals surface area contributed by atoms with Crippen LogP contribution >= 0.6 is 11.8 Å². The zero-order chi connectivity index (χ0) is 10.3. The van der Waals surface area contributed by atoms with Gasteiger partial charge in [-0.05, 0) is 20.1 Å². The summed E-state index contributed by atoms with van der Waals surface area (Å²) in [4.78, 5) is 15.8. The van der Waals surface area contributed by atoms with E-state index in [0.29, 0.717) is 17.5 Å². The molecule has 0 spiro atoms. The molecule has 0 saturated carbocycles. The van der Waals surface area contributed by atoms with Gasteiger partial charge in [0.1, 0.15) is 0 Å². The number of hydrogen-bond donors (Lipinski definition) is 1. The van der Waals surface area contributed by atoms with Gasteiger partial charge >= 0.3 is 0 Å². The molecule has 0 atom stereocenters. The van der Waals surface area contributed by atoms with E-state index >= 15 is 0 Å². The van der Waals surface area contributed by atoms with E-state index in [4.69, 9.17) is 0 Å². The van der Waals surface area contributed by atoms with E-state index in [1.807, 2.05) is 20.1 Å². The van der Waals surface area contributed by atoms with E-state index < -0.39 is 0 Å². The highest BCUT2D eigenvalue weighted by Crippen LogP contribution is 2.25. The Morgan fingerprint density at radius 1 is 1.57 bits per heavy atom. The molecular formula is C8H12N4OS. The minimum absolute atomic E-state index is 0.00319. The normalized spacial score (nSPS) is 18.9. The predicted octanol–water partition coefficient (Wildman–Crippen LogP) is 1.23. The molecule has 0 unspecified atom stereocenters. The van der Waals surface area contributed by atoms with Crippen LogP contribution in [0.25, 0.3) is 0 Å². The van der Waals surface area contributed by atoms with Crippen LogP contribution < -0.4 is 5.32 Å². The summed E-state index contributed by atoms with van der Waals surface area (Å²) in [7, 11) is 0. The van der Waals surface area contributed by atoms with Gasteiger partial charge in [0.25, 0.3) is 5.91 Å². The predicted molar refractivity (Wildman–Crippen MR) is 54.7 cm³/mol. The summed E-state index contributed by atoms with van der Waals surface area (Å²) in [5, 5.41) is 7.87. The Bertz CT molecular complexity index is 385. The van der Waals surface area contributed by atoms with E-state index in [2.05, 4.69) is 15.4 Å². The third-order valence-corrected chi connectivity index (χ3v) is 2.59. The maximum absolute atomic E-state index is 11.6. The molecule has 0 fully saturated rings. The summed E-state index contributed by atoms with van der Waals surface area (Å²) in [5.41, 5.74) is -0.226. The number of carbonyl (C=O) groups is 1. The van der Waals surface area contributed by atoms with Crippen molar-refractivity contribution in [3.05, 3.63) is 0 Å². The number of hydrogen-bond acceptors (Lipinski definition) is 5. The molecule has 2 heterocycles. The van der Waals surface area contributed by atoms with Crippen molar-refractivity contribution >= 4 is 23.6 Å². The van der Waals surface area contributed by atoms with Gasteiger partial charge in [-0.25, -0.2) is 0 Å². The van der Waals surface area contributed by atoms with Gasteiger partial charge in [-0.3, -0.25) is 4.79 Å². The summed E-state index contributed by atoms with van der Waals surface area (Å²) in [6.45, 7) is 3.95. The standard InChI is InChI=1S/C8H12N4OS/c1-8(2)4-5(13)12-6(10-8)9-7(11-12)14-3/h4H2,1-3H3,(H,9,10,11). The molecule has 14 heavy (non-hydrogen) atoms. The first kappa shape index (κ1) is 9.51. The summed E-state index contributed by atoms with van der Waals surface area (Å²) in [5.74, 6) is 0.548. The molecule has 0 bridgehead atoms. The molecule has 2 rings (SSSR count). The number of nitrogens with one attached hydrogen (secondary N) is 1. The quantitative estimate of drug-likeness (QED) is 0.709. The Hall–Kier alpha value is -1.04. The fourth-order valence-corrected chi connectivity index (χ4v) is 1.78. The van der Waals surface area contributed by atoms with Crippen LogP contribution in [-0.2, 0) is 0 Å². The zero-order valence-corrected chi connectivity index (χ0v) is 9.18. The topological polar surface area (TPSA) is 59.8 Å². The Balaban J connectivity index is 2.43. The van der Waals surface area contributed by atoms with E-state index in [0.717, 1.165) is 0 Å². The van der Waals surface area contributed by atoms with Crippen LogP contribution in [0.1, 0.15) is 25.1 Å². The fraction of sp³-hybridized carbons (Fsp3) is 0.625. The molecule has 76 valence electrons. The van der Waals surface area contributed by atoms with Crippen LogP contribution in [0.2, 0.25) is 0 Å². The van der Waals surface area contributed by atoms with E-state index in [-0.39, 0.29) is 11.4 Å². The minimum atomic E-state index is -0.226. The third-order valence-electron chi connectivity index (χ3n) is 2.05. The van der Waals surface area contributed by atoms with Gasteiger partial charge in [-0.15, -0.1) is 5.10 Å². The average molecular weight is 212 g/mol. The van der Waals surface area contributed by atoms with Gasteiger partial charge < -0.3 is 5.32 Å². The largest absolute Gasteiger partial charge is 0.349 e. The van der Waals surface area contributed by atoms with Crippen molar-refractivity contribution in [2.75, 3.05) is 11.6 Å². The van der Waals surface area contributed by atoms with Crippen molar-refractivity contribution < 1.29 is 4.79 Å². The van der Waals surface area contributed by atoms with E-state index in [1.54, 1.807) is 0 Å². The smallest absolute Gasteiger partial charge is 0.252 e. The number of carbonyl (C=O) groups excluding carboxylic acids is 1. The molecular weight excluding hydrogens is 200 g/mol. The molecule has 0 saturated heterocycles. The highest BCUT2D eigenvalue weighted by Gasteiger charge is 2.32. The van der Waals surface area contributed by atoms with Gasteiger partial charge in [-0.1, -0.05) is 11.8 Å². The highest BCUT2D eigenvalue weighted by molar-refractivity contribution is 7.98. The van der Waals surface area contributed by atoms with E-state index in [9.17, 15) is 4.79 Å². The maximum Gasteiger partial charge on any atom is 0.252 e. The van der Waals surface area contributed by atoms with Gasteiger partial charge in [0.2, 0.25) is 11.1 Å². The second kappa shape index (κ2) is 2.98. The first-order chi connectivity index (χ1) is 6.52. The number of rotatable bonds is 1. The SMILES string of the molecule is CSc1nc2n(n1)C(=O)CC(C)(C)N2. The van der Waals surface area contributed by atoms with Crippen LogP contribution in [0.4, 0.5) is 5.95 Å². The second-order valence-electron chi connectivity index (χ2n) is 3.91. The average Bonchev–Trinajstić information content (AvgIpc) is 2.45. The fourth-order valence-electron chi connectivity index (χ4n) is 1.43. The lowest BCUT2D eigenvalue weighted by Gasteiger charge is -2.29. The maximum atomic E-state index is 11.6. The summed E-state index contributed by atoms with van der Waals surface area (Å²) < 4.78 is 1.34. The van der Waals surface area contributed by atoms with Gasteiger partial charge in [0.15, 0.2) is 0 Å². The Morgan fingerprint density at radius 2 is 2.29 bits per heavy atom.